The second-order valence-electron chi connectivity index (χ2n) is 3.85. The number of hydrogen-bond donors (Lipinski definition) is 0. The minimum atomic E-state index is -0.265. The van der Waals surface area contributed by atoms with Crippen LogP contribution in [0.25, 0.3) is 10.8 Å². The Labute approximate surface area is 101 Å². The third-order valence-electron chi connectivity index (χ3n) is 2.79. The molecule has 2 heteroatoms. The van der Waals surface area contributed by atoms with E-state index in [-0.39, 0.29) is 6.10 Å². The zero-order valence-electron chi connectivity index (χ0n) is 9.50. The second-order valence-corrected chi connectivity index (χ2v) is 3.85. The van der Waals surface area contributed by atoms with Crippen LogP contribution in [0.4, 0.5) is 0 Å². The number of hydrogen-bond acceptors (Lipinski definition) is 2. The van der Waals surface area contributed by atoms with E-state index < -0.39 is 0 Å². The standard InChI is InChI=1S/C15H14O2/c1-2-14(17-11-16)10-13-8-5-7-12-6-3-4-9-15(12)13/h2-9,11,14H,1,10H2. The van der Waals surface area contributed by atoms with Crippen LogP contribution in [0.1, 0.15) is 5.56 Å². The summed E-state index contributed by atoms with van der Waals surface area (Å²) in [5.41, 5.74) is 1.16. The largest absolute Gasteiger partial charge is 0.460 e. The van der Waals surface area contributed by atoms with E-state index >= 15 is 0 Å². The molecule has 1 unspecified atom stereocenters. The summed E-state index contributed by atoms with van der Waals surface area (Å²) in [6, 6.07) is 14.3. The maximum absolute atomic E-state index is 10.4. The molecule has 0 N–H and O–H groups in total. The number of rotatable bonds is 5. The molecule has 2 aromatic carbocycles. The Kier molecular flexibility index (Phi) is 3.55. The Balaban J connectivity index is 2.34. The molecule has 0 aliphatic rings. The summed E-state index contributed by atoms with van der Waals surface area (Å²) in [5.74, 6) is 0. The molecule has 0 heterocycles. The fourth-order valence-electron chi connectivity index (χ4n) is 1.95. The topological polar surface area (TPSA) is 26.3 Å². The van der Waals surface area contributed by atoms with Crippen molar-refractivity contribution >= 4 is 17.2 Å². The summed E-state index contributed by atoms with van der Waals surface area (Å²) in [6.07, 6.45) is 2.04. The molecule has 2 nitrogen and oxygen atoms in total. The van der Waals surface area contributed by atoms with Gasteiger partial charge in [0.25, 0.3) is 6.47 Å². The van der Waals surface area contributed by atoms with E-state index in [1.165, 1.54) is 10.8 Å². The van der Waals surface area contributed by atoms with Crippen molar-refractivity contribution in [2.75, 3.05) is 0 Å². The van der Waals surface area contributed by atoms with Crippen LogP contribution in [-0.4, -0.2) is 12.6 Å². The quantitative estimate of drug-likeness (QED) is 0.578. The summed E-state index contributed by atoms with van der Waals surface area (Å²) in [6.45, 7) is 4.14. The number of carbonyl (C=O) groups excluding carboxylic acids is 1. The van der Waals surface area contributed by atoms with E-state index in [1.54, 1.807) is 6.08 Å². The van der Waals surface area contributed by atoms with Crippen molar-refractivity contribution in [3.8, 4) is 0 Å². The molecule has 2 aromatic rings. The predicted molar refractivity (Wildman–Crippen MR) is 68.8 cm³/mol. The number of fused-ring (bicyclic) bond motifs is 1. The van der Waals surface area contributed by atoms with Crippen LogP contribution >= 0.6 is 0 Å². The van der Waals surface area contributed by atoms with Crippen LogP contribution in [0, 0.1) is 0 Å². The first-order chi connectivity index (χ1) is 8.35. The predicted octanol–water partition coefficient (Wildman–Crippen LogP) is 3.11. The first-order valence-corrected chi connectivity index (χ1v) is 5.53. The van der Waals surface area contributed by atoms with Crippen LogP contribution in [0.2, 0.25) is 0 Å². The molecule has 0 amide bonds. The Bertz CT molecular complexity index is 526. The van der Waals surface area contributed by atoms with Gasteiger partial charge in [-0.15, -0.1) is 0 Å². The van der Waals surface area contributed by atoms with Crippen molar-refractivity contribution in [1.29, 1.82) is 0 Å². The SMILES string of the molecule is C=CC(Cc1cccc2ccccc12)OC=O. The van der Waals surface area contributed by atoms with Gasteiger partial charge in [0.15, 0.2) is 0 Å². The van der Waals surface area contributed by atoms with Gasteiger partial charge in [-0.1, -0.05) is 55.1 Å². The molecular weight excluding hydrogens is 212 g/mol. The Morgan fingerprint density at radius 2 is 1.94 bits per heavy atom. The monoisotopic (exact) mass is 226 g/mol. The maximum Gasteiger partial charge on any atom is 0.293 e. The lowest BCUT2D eigenvalue weighted by atomic mass is 10.00. The average Bonchev–Trinajstić information content (AvgIpc) is 2.38. The Hall–Kier alpha value is -2.09. The molecule has 17 heavy (non-hydrogen) atoms. The van der Waals surface area contributed by atoms with Gasteiger partial charge in [-0.05, 0) is 16.3 Å². The van der Waals surface area contributed by atoms with Crippen molar-refractivity contribution in [3.05, 3.63) is 60.7 Å². The van der Waals surface area contributed by atoms with Crippen LogP contribution in [0.3, 0.4) is 0 Å². The highest BCUT2D eigenvalue weighted by Crippen LogP contribution is 2.20. The van der Waals surface area contributed by atoms with Crippen LogP contribution in [-0.2, 0) is 16.0 Å². The highest BCUT2D eigenvalue weighted by Gasteiger charge is 2.08. The van der Waals surface area contributed by atoms with E-state index in [1.807, 2.05) is 24.3 Å². The molecule has 0 aliphatic carbocycles. The lowest BCUT2D eigenvalue weighted by Crippen LogP contribution is -2.12. The lowest BCUT2D eigenvalue weighted by Gasteiger charge is -2.12. The third kappa shape index (κ3) is 2.53. The van der Waals surface area contributed by atoms with Gasteiger partial charge in [0, 0.05) is 6.42 Å². The molecule has 0 saturated carbocycles. The number of carbonyl (C=O) groups is 1. The van der Waals surface area contributed by atoms with Crippen molar-refractivity contribution in [1.82, 2.24) is 0 Å². The maximum atomic E-state index is 10.4. The molecular formula is C15H14O2. The van der Waals surface area contributed by atoms with Gasteiger partial charge >= 0.3 is 0 Å². The van der Waals surface area contributed by atoms with Gasteiger partial charge in [0.05, 0.1) is 0 Å². The molecule has 0 fully saturated rings. The smallest absolute Gasteiger partial charge is 0.293 e. The average molecular weight is 226 g/mol. The van der Waals surface area contributed by atoms with Gasteiger partial charge in [-0.2, -0.15) is 0 Å². The van der Waals surface area contributed by atoms with E-state index in [0.29, 0.717) is 12.9 Å². The molecule has 0 spiro atoms. The zero-order chi connectivity index (χ0) is 12.1. The fourth-order valence-corrected chi connectivity index (χ4v) is 1.95. The van der Waals surface area contributed by atoms with E-state index in [9.17, 15) is 4.79 Å². The minimum absolute atomic E-state index is 0.265. The first-order valence-electron chi connectivity index (χ1n) is 5.53. The minimum Gasteiger partial charge on any atom is -0.460 e. The van der Waals surface area contributed by atoms with Crippen LogP contribution < -0.4 is 0 Å². The molecule has 86 valence electrons. The summed E-state index contributed by atoms with van der Waals surface area (Å²) in [7, 11) is 0. The summed E-state index contributed by atoms with van der Waals surface area (Å²) in [5, 5.41) is 2.38. The van der Waals surface area contributed by atoms with Gasteiger partial charge in [-0.3, -0.25) is 4.79 Å². The van der Waals surface area contributed by atoms with Crippen LogP contribution in [0.15, 0.2) is 55.1 Å². The molecule has 0 aromatic heterocycles. The normalized spacial score (nSPS) is 12.0. The van der Waals surface area contributed by atoms with E-state index in [0.717, 1.165) is 5.56 Å². The van der Waals surface area contributed by atoms with E-state index in [2.05, 4.69) is 24.8 Å². The van der Waals surface area contributed by atoms with Gasteiger partial charge in [-0.25, -0.2) is 0 Å². The number of benzene rings is 2. The Morgan fingerprint density at radius 1 is 1.18 bits per heavy atom. The molecule has 0 bridgehead atoms. The zero-order valence-corrected chi connectivity index (χ0v) is 9.50. The van der Waals surface area contributed by atoms with Crippen molar-refractivity contribution in [2.24, 2.45) is 0 Å². The van der Waals surface area contributed by atoms with Gasteiger partial charge in [0.1, 0.15) is 6.10 Å². The van der Waals surface area contributed by atoms with Crippen molar-refractivity contribution in [2.45, 2.75) is 12.5 Å². The van der Waals surface area contributed by atoms with Gasteiger partial charge < -0.3 is 4.74 Å². The Morgan fingerprint density at radius 3 is 2.71 bits per heavy atom. The first kappa shape index (κ1) is 11.4. The summed E-state index contributed by atoms with van der Waals surface area (Å²) < 4.78 is 4.95. The summed E-state index contributed by atoms with van der Waals surface area (Å²) >= 11 is 0. The van der Waals surface area contributed by atoms with Crippen molar-refractivity contribution < 1.29 is 9.53 Å². The summed E-state index contributed by atoms with van der Waals surface area (Å²) in [4.78, 5) is 10.4. The highest BCUT2D eigenvalue weighted by molar-refractivity contribution is 5.85. The molecule has 0 aliphatic heterocycles. The van der Waals surface area contributed by atoms with Crippen LogP contribution in [0.5, 0.6) is 0 Å². The molecule has 0 saturated heterocycles. The second kappa shape index (κ2) is 5.30. The molecule has 2 rings (SSSR count). The highest BCUT2D eigenvalue weighted by atomic mass is 16.5. The fraction of sp³-hybridized carbons (Fsp3) is 0.133. The van der Waals surface area contributed by atoms with E-state index in [4.69, 9.17) is 4.74 Å². The lowest BCUT2D eigenvalue weighted by molar-refractivity contribution is -0.131. The third-order valence-corrected chi connectivity index (χ3v) is 2.79. The van der Waals surface area contributed by atoms with Crippen molar-refractivity contribution in [3.63, 3.8) is 0 Å². The molecule has 1 atom stereocenters. The molecule has 0 radical (unpaired) electrons. The van der Waals surface area contributed by atoms with Gasteiger partial charge in [0.2, 0.25) is 0 Å². The number of ether oxygens (including phenoxy) is 1.